The highest BCUT2D eigenvalue weighted by Crippen LogP contribution is 2.21. The molecule has 0 saturated heterocycles. The normalized spacial score (nSPS) is 10.3. The summed E-state index contributed by atoms with van der Waals surface area (Å²) in [7, 11) is 0. The third-order valence-corrected chi connectivity index (χ3v) is 3.84. The fourth-order valence-electron chi connectivity index (χ4n) is 1.77. The van der Waals surface area contributed by atoms with E-state index in [9.17, 15) is 9.18 Å². The quantitative estimate of drug-likeness (QED) is 0.735. The molecule has 0 aromatic heterocycles. The average Bonchev–Trinajstić information content (AvgIpc) is 2.41. The van der Waals surface area contributed by atoms with Crippen molar-refractivity contribution in [3.8, 4) is 0 Å². The minimum Gasteiger partial charge on any atom is -0.322 e. The highest BCUT2D eigenvalue weighted by atomic mass is 79.9. The van der Waals surface area contributed by atoms with Crippen molar-refractivity contribution in [3.63, 3.8) is 0 Å². The molecule has 0 fully saturated rings. The summed E-state index contributed by atoms with van der Waals surface area (Å²) in [5.41, 5.74) is 1.83. The summed E-state index contributed by atoms with van der Waals surface area (Å²) < 4.78 is 14.1. The first-order valence-corrected chi connectivity index (χ1v) is 7.93. The number of rotatable bonds is 4. The van der Waals surface area contributed by atoms with Crippen molar-refractivity contribution in [2.45, 2.75) is 6.42 Å². The maximum Gasteiger partial charge on any atom is 0.259 e. The Morgan fingerprint density at radius 1 is 1.15 bits per heavy atom. The Labute approximate surface area is 133 Å². The summed E-state index contributed by atoms with van der Waals surface area (Å²) in [5, 5.41) is 3.58. The molecule has 0 aliphatic rings. The molecule has 1 N–H and O–H groups in total. The molecular weight excluding hydrogens is 389 g/mol. The van der Waals surface area contributed by atoms with E-state index >= 15 is 0 Å². The third-order valence-electron chi connectivity index (χ3n) is 2.78. The first-order valence-electron chi connectivity index (χ1n) is 6.02. The molecule has 5 heteroatoms. The van der Waals surface area contributed by atoms with Crippen molar-refractivity contribution >= 4 is 43.5 Å². The van der Waals surface area contributed by atoms with Crippen molar-refractivity contribution in [1.82, 2.24) is 0 Å². The van der Waals surface area contributed by atoms with Gasteiger partial charge in [0.05, 0.1) is 5.56 Å². The SMILES string of the molecule is O=C(Nc1ccc(CCBr)cc1)c1c(F)cccc1Br. The number of aryl methyl sites for hydroxylation is 1. The largest absolute Gasteiger partial charge is 0.322 e. The van der Waals surface area contributed by atoms with E-state index in [1.54, 1.807) is 12.1 Å². The van der Waals surface area contributed by atoms with Crippen LogP contribution in [0.15, 0.2) is 46.9 Å². The molecule has 0 heterocycles. The van der Waals surface area contributed by atoms with Crippen LogP contribution in [0.3, 0.4) is 0 Å². The van der Waals surface area contributed by atoms with Gasteiger partial charge in [0.2, 0.25) is 0 Å². The number of halogens is 3. The Morgan fingerprint density at radius 2 is 1.85 bits per heavy atom. The van der Waals surface area contributed by atoms with Crippen LogP contribution < -0.4 is 5.32 Å². The number of amides is 1. The summed E-state index contributed by atoms with van der Waals surface area (Å²) in [4.78, 5) is 12.1. The molecular formula is C15H12Br2FNO. The zero-order valence-corrected chi connectivity index (χ0v) is 13.7. The second-order valence-corrected chi connectivity index (χ2v) is 5.83. The Morgan fingerprint density at radius 3 is 2.45 bits per heavy atom. The summed E-state index contributed by atoms with van der Waals surface area (Å²) in [6, 6.07) is 11.9. The summed E-state index contributed by atoms with van der Waals surface area (Å²) in [6.07, 6.45) is 0.924. The summed E-state index contributed by atoms with van der Waals surface area (Å²) >= 11 is 6.56. The van der Waals surface area contributed by atoms with Gasteiger partial charge in [0.25, 0.3) is 5.91 Å². The number of nitrogens with one attached hydrogen (secondary N) is 1. The van der Waals surface area contributed by atoms with E-state index in [0.29, 0.717) is 10.2 Å². The molecule has 0 aliphatic carbocycles. The van der Waals surface area contributed by atoms with Crippen molar-refractivity contribution in [2.24, 2.45) is 0 Å². The average molecular weight is 401 g/mol. The Balaban J connectivity index is 2.15. The molecule has 1 amide bonds. The molecule has 0 spiro atoms. The zero-order chi connectivity index (χ0) is 14.5. The topological polar surface area (TPSA) is 29.1 Å². The number of alkyl halides is 1. The van der Waals surface area contributed by atoms with Crippen LogP contribution >= 0.6 is 31.9 Å². The Kier molecular flexibility index (Phi) is 5.31. The number of hydrogen-bond acceptors (Lipinski definition) is 1. The summed E-state index contributed by atoms with van der Waals surface area (Å²) in [5.74, 6) is -1.02. The molecule has 0 bridgehead atoms. The van der Waals surface area contributed by atoms with Crippen molar-refractivity contribution in [3.05, 3.63) is 63.9 Å². The van der Waals surface area contributed by atoms with Crippen molar-refractivity contribution in [2.75, 3.05) is 10.6 Å². The van der Waals surface area contributed by atoms with Gasteiger partial charge in [0, 0.05) is 15.5 Å². The van der Waals surface area contributed by atoms with Gasteiger partial charge >= 0.3 is 0 Å². The fraction of sp³-hybridized carbons (Fsp3) is 0.133. The van der Waals surface area contributed by atoms with E-state index in [1.165, 1.54) is 11.6 Å². The molecule has 104 valence electrons. The predicted molar refractivity (Wildman–Crippen MR) is 86.0 cm³/mol. The lowest BCUT2D eigenvalue weighted by Crippen LogP contribution is -2.14. The van der Waals surface area contributed by atoms with E-state index in [4.69, 9.17) is 0 Å². The van der Waals surface area contributed by atoms with Gasteiger partial charge in [-0.15, -0.1) is 0 Å². The second-order valence-electron chi connectivity index (χ2n) is 4.19. The highest BCUT2D eigenvalue weighted by molar-refractivity contribution is 9.10. The van der Waals surface area contributed by atoms with Gasteiger partial charge in [0.15, 0.2) is 0 Å². The summed E-state index contributed by atoms with van der Waals surface area (Å²) in [6.45, 7) is 0. The molecule has 0 radical (unpaired) electrons. The van der Waals surface area contributed by atoms with Gasteiger partial charge < -0.3 is 5.32 Å². The Bertz CT molecular complexity index is 594. The standard InChI is InChI=1S/C15H12Br2FNO/c16-9-8-10-4-6-11(7-5-10)19-15(20)14-12(17)2-1-3-13(14)18/h1-7H,8-9H2,(H,19,20). The Hall–Kier alpha value is -1.20. The number of carbonyl (C=O) groups excluding carboxylic acids is 1. The first-order chi connectivity index (χ1) is 9.61. The maximum atomic E-state index is 13.7. The first kappa shape index (κ1) is 15.2. The van der Waals surface area contributed by atoms with Crippen LogP contribution in [0.2, 0.25) is 0 Å². The smallest absolute Gasteiger partial charge is 0.259 e. The van der Waals surface area contributed by atoms with Gasteiger partial charge in [-0.3, -0.25) is 4.79 Å². The van der Waals surface area contributed by atoms with Crippen LogP contribution in [-0.2, 0) is 6.42 Å². The molecule has 20 heavy (non-hydrogen) atoms. The molecule has 0 unspecified atom stereocenters. The molecule has 0 saturated carbocycles. The zero-order valence-electron chi connectivity index (χ0n) is 10.5. The number of anilines is 1. The van der Waals surface area contributed by atoms with Gasteiger partial charge in [-0.2, -0.15) is 0 Å². The third kappa shape index (κ3) is 3.67. The van der Waals surface area contributed by atoms with E-state index in [1.807, 2.05) is 24.3 Å². The van der Waals surface area contributed by atoms with Crippen molar-refractivity contribution < 1.29 is 9.18 Å². The van der Waals surface area contributed by atoms with Crippen LogP contribution in [0.5, 0.6) is 0 Å². The van der Waals surface area contributed by atoms with Crippen LogP contribution in [-0.4, -0.2) is 11.2 Å². The maximum absolute atomic E-state index is 13.7. The number of benzene rings is 2. The minimum absolute atomic E-state index is 0.0111. The molecule has 2 aromatic rings. The van der Waals surface area contributed by atoms with E-state index in [2.05, 4.69) is 37.2 Å². The van der Waals surface area contributed by atoms with Gasteiger partial charge in [-0.05, 0) is 52.2 Å². The second kappa shape index (κ2) is 6.99. The predicted octanol–water partition coefficient (Wildman–Crippen LogP) is 4.78. The molecule has 2 aromatic carbocycles. The van der Waals surface area contributed by atoms with Gasteiger partial charge in [-0.25, -0.2) is 4.39 Å². The molecule has 2 nitrogen and oxygen atoms in total. The number of carbonyl (C=O) groups is 1. The molecule has 0 aliphatic heterocycles. The molecule has 0 atom stereocenters. The van der Waals surface area contributed by atoms with Crippen LogP contribution in [0.25, 0.3) is 0 Å². The van der Waals surface area contributed by atoms with Crippen LogP contribution in [0.1, 0.15) is 15.9 Å². The number of hydrogen-bond donors (Lipinski definition) is 1. The lowest BCUT2D eigenvalue weighted by Gasteiger charge is -2.08. The molecule has 2 rings (SSSR count). The van der Waals surface area contributed by atoms with E-state index < -0.39 is 11.7 Å². The highest BCUT2D eigenvalue weighted by Gasteiger charge is 2.15. The van der Waals surface area contributed by atoms with Crippen LogP contribution in [0, 0.1) is 5.82 Å². The van der Waals surface area contributed by atoms with Crippen LogP contribution in [0.4, 0.5) is 10.1 Å². The van der Waals surface area contributed by atoms with E-state index in [0.717, 1.165) is 11.8 Å². The lowest BCUT2D eigenvalue weighted by molar-refractivity contribution is 0.102. The van der Waals surface area contributed by atoms with Gasteiger partial charge in [0.1, 0.15) is 5.82 Å². The minimum atomic E-state index is -0.548. The monoisotopic (exact) mass is 399 g/mol. The van der Waals surface area contributed by atoms with E-state index in [-0.39, 0.29) is 5.56 Å². The lowest BCUT2D eigenvalue weighted by atomic mass is 10.1. The fourth-order valence-corrected chi connectivity index (χ4v) is 2.75. The van der Waals surface area contributed by atoms with Crippen molar-refractivity contribution in [1.29, 1.82) is 0 Å². The van der Waals surface area contributed by atoms with Gasteiger partial charge in [-0.1, -0.05) is 34.1 Å².